The molecule has 4 heteroatoms. The number of carbonyl (C=O) groups excluding carboxylic acids is 1. The van der Waals surface area contributed by atoms with Gasteiger partial charge in [-0.25, -0.2) is 4.79 Å². The van der Waals surface area contributed by atoms with Crippen LogP contribution in [0, 0.1) is 0 Å². The molecule has 0 spiro atoms. The van der Waals surface area contributed by atoms with Crippen LogP contribution in [0.15, 0.2) is 12.2 Å². The Morgan fingerprint density at radius 1 is 1.33 bits per heavy atom. The van der Waals surface area contributed by atoms with Gasteiger partial charge in [-0.1, -0.05) is 32.8 Å². The molecule has 3 nitrogen and oxygen atoms in total. The average molecular weight is 277 g/mol. The van der Waals surface area contributed by atoms with E-state index in [2.05, 4.69) is 13.5 Å². The van der Waals surface area contributed by atoms with E-state index in [0.717, 1.165) is 19.3 Å². The average Bonchev–Trinajstić information content (AvgIpc) is 2.29. The van der Waals surface area contributed by atoms with Crippen LogP contribution in [0.5, 0.6) is 0 Å². The highest BCUT2D eigenvalue weighted by molar-refractivity contribution is 6.20. The number of rotatable bonds is 10. The molecule has 0 aromatic heterocycles. The van der Waals surface area contributed by atoms with Crippen LogP contribution in [0.1, 0.15) is 52.9 Å². The molecule has 0 aromatic carbocycles. The number of carbonyl (C=O) groups is 1. The molecule has 0 bridgehead atoms. The monoisotopic (exact) mass is 276 g/mol. The molecule has 0 heterocycles. The normalized spacial score (nSPS) is 14.0. The zero-order valence-electron chi connectivity index (χ0n) is 11.7. The number of halogens is 1. The maximum Gasteiger partial charge on any atom is 0.335 e. The van der Waals surface area contributed by atoms with Crippen molar-refractivity contribution in [2.24, 2.45) is 0 Å². The fraction of sp³-hybridized carbons (Fsp3) is 0.786. The van der Waals surface area contributed by atoms with Crippen molar-refractivity contribution >= 4 is 17.6 Å². The summed E-state index contributed by atoms with van der Waals surface area (Å²) in [6.45, 7) is 9.49. The molecule has 2 unspecified atom stereocenters. The highest BCUT2D eigenvalue weighted by atomic mass is 35.5. The third kappa shape index (κ3) is 9.49. The highest BCUT2D eigenvalue weighted by Crippen LogP contribution is 2.13. The van der Waals surface area contributed by atoms with Gasteiger partial charge in [0.15, 0.2) is 6.29 Å². The Morgan fingerprint density at radius 3 is 2.56 bits per heavy atom. The molecule has 0 rings (SSSR count). The largest absolute Gasteiger partial charge is 0.433 e. The van der Waals surface area contributed by atoms with Crippen LogP contribution >= 0.6 is 11.6 Å². The summed E-state index contributed by atoms with van der Waals surface area (Å²) in [6.07, 6.45) is 4.82. The smallest absolute Gasteiger partial charge is 0.335 e. The Kier molecular flexibility index (Phi) is 10.1. The molecule has 106 valence electrons. The number of esters is 1. The molecule has 0 aliphatic heterocycles. The van der Waals surface area contributed by atoms with Crippen LogP contribution < -0.4 is 0 Å². The Labute approximate surface area is 115 Å². The van der Waals surface area contributed by atoms with Crippen LogP contribution in [0.25, 0.3) is 0 Å². The van der Waals surface area contributed by atoms with E-state index in [1.54, 1.807) is 13.8 Å². The van der Waals surface area contributed by atoms with Gasteiger partial charge in [-0.3, -0.25) is 0 Å². The standard InChI is InChI=1S/C14H25ClO3/c1-5-6-7-8-13(15)9-10-17-12(4)18-14(16)11(2)3/h12-13H,2,5-10H2,1,3-4H3. The molecule has 18 heavy (non-hydrogen) atoms. The third-order valence-electron chi connectivity index (χ3n) is 2.53. The van der Waals surface area contributed by atoms with E-state index in [9.17, 15) is 4.79 Å². The number of hydrogen-bond acceptors (Lipinski definition) is 3. The van der Waals surface area contributed by atoms with E-state index in [-0.39, 0.29) is 5.38 Å². The first kappa shape index (κ1) is 17.5. The molecule has 0 saturated carbocycles. The second-order valence-electron chi connectivity index (χ2n) is 4.51. The van der Waals surface area contributed by atoms with Gasteiger partial charge in [-0.15, -0.1) is 11.6 Å². The third-order valence-corrected chi connectivity index (χ3v) is 2.96. The number of alkyl halides is 1. The van der Waals surface area contributed by atoms with E-state index >= 15 is 0 Å². The first-order valence-electron chi connectivity index (χ1n) is 6.59. The van der Waals surface area contributed by atoms with Crippen molar-refractivity contribution in [3.63, 3.8) is 0 Å². The minimum Gasteiger partial charge on any atom is -0.433 e. The fourth-order valence-corrected chi connectivity index (χ4v) is 1.65. The molecule has 0 saturated heterocycles. The van der Waals surface area contributed by atoms with Crippen molar-refractivity contribution in [2.75, 3.05) is 6.61 Å². The molecule has 0 radical (unpaired) electrons. The van der Waals surface area contributed by atoms with Crippen LogP contribution in [0.2, 0.25) is 0 Å². The Bertz CT molecular complexity index is 253. The second-order valence-corrected chi connectivity index (χ2v) is 5.12. The van der Waals surface area contributed by atoms with Gasteiger partial charge >= 0.3 is 5.97 Å². The lowest BCUT2D eigenvalue weighted by molar-refractivity contribution is -0.170. The van der Waals surface area contributed by atoms with Gasteiger partial charge in [0.2, 0.25) is 0 Å². The first-order chi connectivity index (χ1) is 8.47. The van der Waals surface area contributed by atoms with Crippen LogP contribution in [0.3, 0.4) is 0 Å². The van der Waals surface area contributed by atoms with Gasteiger partial charge in [0.1, 0.15) is 0 Å². The van der Waals surface area contributed by atoms with Crippen molar-refractivity contribution in [1.82, 2.24) is 0 Å². The number of ether oxygens (including phenoxy) is 2. The molecule has 0 fully saturated rings. The minimum absolute atomic E-state index is 0.139. The topological polar surface area (TPSA) is 35.5 Å². The van der Waals surface area contributed by atoms with Crippen LogP contribution in [-0.4, -0.2) is 24.2 Å². The Morgan fingerprint density at radius 2 is 2.00 bits per heavy atom. The van der Waals surface area contributed by atoms with Gasteiger partial charge in [0.05, 0.1) is 6.61 Å². The summed E-state index contributed by atoms with van der Waals surface area (Å²) in [5.41, 5.74) is 0.375. The Balaban J connectivity index is 3.58. The van der Waals surface area contributed by atoms with Crippen molar-refractivity contribution in [2.45, 2.75) is 64.5 Å². The second kappa shape index (κ2) is 10.4. The molecule has 2 atom stereocenters. The lowest BCUT2D eigenvalue weighted by Crippen LogP contribution is -2.20. The zero-order chi connectivity index (χ0) is 14.0. The Hall–Kier alpha value is -0.540. The van der Waals surface area contributed by atoms with Gasteiger partial charge < -0.3 is 9.47 Å². The highest BCUT2D eigenvalue weighted by Gasteiger charge is 2.11. The first-order valence-corrected chi connectivity index (χ1v) is 7.03. The number of hydrogen-bond donors (Lipinski definition) is 0. The lowest BCUT2D eigenvalue weighted by atomic mass is 10.1. The summed E-state index contributed by atoms with van der Waals surface area (Å²) >= 11 is 6.15. The molecule has 0 amide bonds. The fourth-order valence-electron chi connectivity index (χ4n) is 1.41. The van der Waals surface area contributed by atoms with Gasteiger partial charge in [-0.2, -0.15) is 0 Å². The minimum atomic E-state index is -0.547. The van der Waals surface area contributed by atoms with Crippen molar-refractivity contribution in [3.05, 3.63) is 12.2 Å². The maximum atomic E-state index is 11.2. The summed E-state index contributed by atoms with van der Waals surface area (Å²) in [5.74, 6) is -0.423. The predicted molar refractivity (Wildman–Crippen MR) is 74.7 cm³/mol. The lowest BCUT2D eigenvalue weighted by Gasteiger charge is -2.15. The van der Waals surface area contributed by atoms with E-state index in [4.69, 9.17) is 21.1 Å². The van der Waals surface area contributed by atoms with Crippen LogP contribution in [0.4, 0.5) is 0 Å². The number of unbranched alkanes of at least 4 members (excludes halogenated alkanes) is 2. The summed E-state index contributed by atoms with van der Waals surface area (Å²) in [6, 6.07) is 0. The van der Waals surface area contributed by atoms with E-state index in [0.29, 0.717) is 12.2 Å². The summed E-state index contributed by atoms with van der Waals surface area (Å²) in [5, 5.41) is 0.139. The molecular formula is C14H25ClO3. The predicted octanol–water partition coefficient (Wildman–Crippen LogP) is 4.05. The molecule has 0 aromatic rings. The molecule has 0 N–H and O–H groups in total. The van der Waals surface area contributed by atoms with E-state index < -0.39 is 12.3 Å². The van der Waals surface area contributed by atoms with Gasteiger partial charge in [0, 0.05) is 11.0 Å². The zero-order valence-corrected chi connectivity index (χ0v) is 12.5. The van der Waals surface area contributed by atoms with Crippen molar-refractivity contribution in [1.29, 1.82) is 0 Å². The van der Waals surface area contributed by atoms with Gasteiger partial charge in [0.25, 0.3) is 0 Å². The van der Waals surface area contributed by atoms with Crippen LogP contribution in [-0.2, 0) is 14.3 Å². The maximum absolute atomic E-state index is 11.2. The molecule has 0 aliphatic carbocycles. The summed E-state index contributed by atoms with van der Waals surface area (Å²) in [4.78, 5) is 11.2. The molecular weight excluding hydrogens is 252 g/mol. The van der Waals surface area contributed by atoms with E-state index in [1.807, 2.05) is 0 Å². The van der Waals surface area contributed by atoms with E-state index in [1.165, 1.54) is 12.8 Å². The quantitative estimate of drug-likeness (QED) is 0.199. The van der Waals surface area contributed by atoms with Crippen molar-refractivity contribution in [3.8, 4) is 0 Å². The molecule has 0 aliphatic rings. The summed E-state index contributed by atoms with van der Waals surface area (Å²) < 4.78 is 10.4. The summed E-state index contributed by atoms with van der Waals surface area (Å²) in [7, 11) is 0. The van der Waals surface area contributed by atoms with Crippen molar-refractivity contribution < 1.29 is 14.3 Å². The SMILES string of the molecule is C=C(C)C(=O)OC(C)OCCC(Cl)CCCCC. The van der Waals surface area contributed by atoms with Gasteiger partial charge in [-0.05, 0) is 26.7 Å².